The van der Waals surface area contributed by atoms with Crippen LogP contribution in [0, 0.1) is 5.92 Å². The molecule has 102 valence electrons. The normalized spacial score (nSPS) is 12.7. The van der Waals surface area contributed by atoms with Crippen molar-refractivity contribution < 1.29 is 9.26 Å². The van der Waals surface area contributed by atoms with Gasteiger partial charge in [0.05, 0.1) is 13.0 Å². The second-order valence-electron chi connectivity index (χ2n) is 4.50. The standard InChI is InChI=1S/C12H17N5O2/c1-7(2)8(6-13)12-14-11(17-19-12)9-4-5-10(18-3)16-15-9/h4-5,7-8H,6,13H2,1-3H3. The van der Waals surface area contributed by atoms with Crippen molar-refractivity contribution in [2.75, 3.05) is 13.7 Å². The van der Waals surface area contributed by atoms with Gasteiger partial charge >= 0.3 is 0 Å². The molecular formula is C12H17N5O2. The Morgan fingerprint density at radius 3 is 2.63 bits per heavy atom. The van der Waals surface area contributed by atoms with Crippen molar-refractivity contribution in [2.24, 2.45) is 11.7 Å². The minimum atomic E-state index is 0.0486. The molecule has 1 unspecified atom stereocenters. The topological polar surface area (TPSA) is 100.0 Å². The average molecular weight is 263 g/mol. The molecule has 0 aliphatic heterocycles. The van der Waals surface area contributed by atoms with Gasteiger partial charge in [0.15, 0.2) is 0 Å². The van der Waals surface area contributed by atoms with Crippen LogP contribution in [0.4, 0.5) is 0 Å². The molecule has 0 aromatic carbocycles. The van der Waals surface area contributed by atoms with Gasteiger partial charge in [0.1, 0.15) is 5.69 Å². The van der Waals surface area contributed by atoms with E-state index in [0.29, 0.717) is 35.8 Å². The van der Waals surface area contributed by atoms with Crippen LogP contribution in [0.25, 0.3) is 11.5 Å². The van der Waals surface area contributed by atoms with Gasteiger partial charge in [-0.3, -0.25) is 0 Å². The van der Waals surface area contributed by atoms with Crippen molar-refractivity contribution in [1.29, 1.82) is 0 Å². The first-order valence-corrected chi connectivity index (χ1v) is 6.07. The first-order valence-electron chi connectivity index (χ1n) is 6.07. The summed E-state index contributed by atoms with van der Waals surface area (Å²) in [6.07, 6.45) is 0. The number of hydrogen-bond acceptors (Lipinski definition) is 7. The third kappa shape index (κ3) is 2.87. The lowest BCUT2D eigenvalue weighted by Crippen LogP contribution is -2.18. The van der Waals surface area contributed by atoms with Crippen LogP contribution < -0.4 is 10.5 Å². The summed E-state index contributed by atoms with van der Waals surface area (Å²) in [5.74, 6) is 1.76. The monoisotopic (exact) mass is 263 g/mol. The zero-order chi connectivity index (χ0) is 13.8. The Morgan fingerprint density at radius 2 is 2.11 bits per heavy atom. The van der Waals surface area contributed by atoms with Crippen LogP contribution in [0.1, 0.15) is 25.7 Å². The van der Waals surface area contributed by atoms with Crippen LogP contribution >= 0.6 is 0 Å². The molecule has 2 aromatic heterocycles. The van der Waals surface area contributed by atoms with Crippen molar-refractivity contribution in [3.8, 4) is 17.4 Å². The van der Waals surface area contributed by atoms with E-state index in [1.165, 1.54) is 7.11 Å². The molecule has 0 saturated heterocycles. The van der Waals surface area contributed by atoms with Gasteiger partial charge in [0, 0.05) is 12.6 Å². The van der Waals surface area contributed by atoms with Crippen molar-refractivity contribution in [3.63, 3.8) is 0 Å². The van der Waals surface area contributed by atoms with Crippen molar-refractivity contribution in [1.82, 2.24) is 20.3 Å². The number of rotatable bonds is 5. The fraction of sp³-hybridized carbons (Fsp3) is 0.500. The molecule has 19 heavy (non-hydrogen) atoms. The molecule has 1 atom stereocenters. The highest BCUT2D eigenvalue weighted by Crippen LogP contribution is 2.23. The Labute approximate surface area is 111 Å². The highest BCUT2D eigenvalue weighted by atomic mass is 16.5. The van der Waals surface area contributed by atoms with Crippen molar-refractivity contribution >= 4 is 0 Å². The summed E-state index contributed by atoms with van der Waals surface area (Å²) < 4.78 is 10.2. The summed E-state index contributed by atoms with van der Waals surface area (Å²) in [5, 5.41) is 11.7. The van der Waals surface area contributed by atoms with Crippen LogP contribution in [0.3, 0.4) is 0 Å². The van der Waals surface area contributed by atoms with E-state index in [1.54, 1.807) is 12.1 Å². The number of methoxy groups -OCH3 is 1. The lowest BCUT2D eigenvalue weighted by molar-refractivity contribution is 0.324. The maximum Gasteiger partial charge on any atom is 0.233 e. The lowest BCUT2D eigenvalue weighted by atomic mass is 9.96. The van der Waals surface area contributed by atoms with E-state index in [9.17, 15) is 0 Å². The summed E-state index contributed by atoms with van der Waals surface area (Å²) in [6.45, 7) is 4.59. The van der Waals surface area contributed by atoms with Crippen molar-refractivity contribution in [3.05, 3.63) is 18.0 Å². The molecule has 2 aromatic rings. The predicted octanol–water partition coefficient (Wildman–Crippen LogP) is 1.23. The fourth-order valence-electron chi connectivity index (χ4n) is 1.70. The van der Waals surface area contributed by atoms with Crippen LogP contribution in [0.5, 0.6) is 5.88 Å². The molecule has 7 nitrogen and oxygen atoms in total. The number of nitrogens with two attached hydrogens (primary N) is 1. The zero-order valence-corrected chi connectivity index (χ0v) is 11.2. The van der Waals surface area contributed by atoms with Crippen LogP contribution in [0.15, 0.2) is 16.7 Å². The maximum atomic E-state index is 5.72. The van der Waals surface area contributed by atoms with E-state index in [-0.39, 0.29) is 5.92 Å². The van der Waals surface area contributed by atoms with E-state index < -0.39 is 0 Å². The number of nitrogens with zero attached hydrogens (tertiary/aromatic N) is 4. The maximum absolute atomic E-state index is 5.72. The molecule has 0 bridgehead atoms. The largest absolute Gasteiger partial charge is 0.480 e. The number of hydrogen-bond donors (Lipinski definition) is 1. The average Bonchev–Trinajstić information content (AvgIpc) is 2.89. The van der Waals surface area contributed by atoms with E-state index >= 15 is 0 Å². The highest BCUT2D eigenvalue weighted by Gasteiger charge is 2.21. The molecule has 0 radical (unpaired) electrons. The first kappa shape index (κ1) is 13.4. The number of aromatic nitrogens is 4. The Hall–Kier alpha value is -2.02. The molecule has 0 spiro atoms. The van der Waals surface area contributed by atoms with E-state index in [0.717, 1.165) is 0 Å². The van der Waals surface area contributed by atoms with Crippen molar-refractivity contribution in [2.45, 2.75) is 19.8 Å². The van der Waals surface area contributed by atoms with Gasteiger partial charge < -0.3 is 15.0 Å². The Morgan fingerprint density at radius 1 is 1.32 bits per heavy atom. The molecule has 0 aliphatic rings. The van der Waals surface area contributed by atoms with Gasteiger partial charge in [-0.15, -0.1) is 10.2 Å². The summed E-state index contributed by atoms with van der Waals surface area (Å²) >= 11 is 0. The smallest absolute Gasteiger partial charge is 0.233 e. The van der Waals surface area contributed by atoms with E-state index in [2.05, 4.69) is 34.2 Å². The van der Waals surface area contributed by atoms with Crippen LogP contribution in [-0.4, -0.2) is 34.0 Å². The minimum Gasteiger partial charge on any atom is -0.480 e. The molecule has 2 rings (SSSR count). The molecule has 2 N–H and O–H groups in total. The predicted molar refractivity (Wildman–Crippen MR) is 68.5 cm³/mol. The third-order valence-corrected chi connectivity index (χ3v) is 2.90. The fourth-order valence-corrected chi connectivity index (χ4v) is 1.70. The van der Waals surface area contributed by atoms with Gasteiger partial charge in [0.2, 0.25) is 17.6 Å². The Balaban J connectivity index is 2.24. The minimum absolute atomic E-state index is 0.0486. The van der Waals surface area contributed by atoms with Gasteiger partial charge in [-0.2, -0.15) is 4.98 Å². The van der Waals surface area contributed by atoms with E-state index in [4.69, 9.17) is 15.0 Å². The lowest BCUT2D eigenvalue weighted by Gasteiger charge is -2.13. The second kappa shape index (κ2) is 5.75. The zero-order valence-electron chi connectivity index (χ0n) is 11.2. The summed E-state index contributed by atoms with van der Waals surface area (Å²) in [7, 11) is 1.53. The van der Waals surface area contributed by atoms with Gasteiger partial charge in [-0.05, 0) is 12.0 Å². The summed E-state index contributed by atoms with van der Waals surface area (Å²) in [5.41, 5.74) is 6.26. The summed E-state index contributed by atoms with van der Waals surface area (Å²) in [4.78, 5) is 4.33. The molecule has 7 heteroatoms. The third-order valence-electron chi connectivity index (χ3n) is 2.90. The molecule has 2 heterocycles. The molecule has 0 fully saturated rings. The molecule has 0 aliphatic carbocycles. The van der Waals surface area contributed by atoms with Crippen LogP contribution in [0.2, 0.25) is 0 Å². The van der Waals surface area contributed by atoms with Gasteiger partial charge in [-0.1, -0.05) is 19.0 Å². The first-order chi connectivity index (χ1) is 9.15. The Bertz CT molecular complexity index is 523. The number of ether oxygens (including phenoxy) is 1. The van der Waals surface area contributed by atoms with E-state index in [1.807, 2.05) is 0 Å². The molecule has 0 amide bonds. The molecule has 0 saturated carbocycles. The Kier molecular flexibility index (Phi) is 4.06. The molecular weight excluding hydrogens is 246 g/mol. The quantitative estimate of drug-likeness (QED) is 0.865. The SMILES string of the molecule is COc1ccc(-c2noc(C(CN)C(C)C)n2)nn1. The van der Waals surface area contributed by atoms with Gasteiger partial charge in [0.25, 0.3) is 0 Å². The second-order valence-corrected chi connectivity index (χ2v) is 4.50. The summed E-state index contributed by atoms with van der Waals surface area (Å²) in [6, 6.07) is 3.43. The highest BCUT2D eigenvalue weighted by molar-refractivity contribution is 5.47. The van der Waals surface area contributed by atoms with Crippen LogP contribution in [-0.2, 0) is 0 Å². The van der Waals surface area contributed by atoms with Gasteiger partial charge in [-0.25, -0.2) is 0 Å².